The number of hydrogen-bond donors (Lipinski definition) is 7. The Labute approximate surface area is 830 Å². The number of ether oxygens (including phenoxy) is 8. The Morgan fingerprint density at radius 1 is 0.449 bits per heavy atom. The molecule has 4 amide bonds. The van der Waals surface area contributed by atoms with Crippen LogP contribution in [0, 0.1) is 11.8 Å². The molecule has 7 unspecified atom stereocenters. The average Bonchev–Trinajstić information content (AvgIpc) is 1.65. The third-order valence-corrected chi connectivity index (χ3v) is 27.7. The van der Waals surface area contributed by atoms with E-state index in [-0.39, 0.29) is 68.4 Å². The van der Waals surface area contributed by atoms with Crippen LogP contribution in [0.5, 0.6) is 23.0 Å². The molecule has 10 heterocycles. The molecule has 25 nitrogen and oxygen atoms in total. The number of aromatic amines is 4. The number of carbonyl (C=O) groups is 4. The van der Waals surface area contributed by atoms with Gasteiger partial charge in [-0.1, -0.05) is 139 Å². The standard InChI is InChI=1S/C32H33Cl2N3O3.C28H34ClN3O3.C26H32ClN3O3.C22H23ClN2O5/c1-36-15-4-5-21(18-36)19-39-25-11-8-22(9-12-25)31-30-26(27-17-24(33)10-13-29(27)35-30)14-16-37(31)32(38)40-20-23-6-2-3-7-28(23)34;1-18(2)35-28(33)32-14-12-23-24-15-21(29)8-11-25(24)30-26(23)27(32)20-6-9-22(10-7-20)34-17-19-5-4-13-31(3)16-19;1-4-32-26(31)30-14-12-21-22-16-19(27)8-11-23(22)29-24(21)25(30)18-6-9-20(10-7-18)33-15-5-13-28-17(2)3;1-29-22(28)25-9-8-17-18-10-14(23)4-7-19(18)24-20(17)21(25)13-2-5-16(6-3-13)30-12-15(27)11-26/h2-3,6-13,17,21,31,35H,4-5,14-16,18-20H2,1H3;6-11,15,18-19,27,30H,4-5,12-14,16-17H2,1-3H3;6-11,16-17,25,28-29H,4-5,12-15H2,1-3H3;2-7,10,15,21,24,26-27H,8-9,11-12H2,1H3. The molecule has 19 rings (SSSR count). The van der Waals surface area contributed by atoms with Gasteiger partial charge in [-0.15, -0.1) is 0 Å². The molecule has 7 atom stereocenters. The number of nitrogens with zero attached hydrogens (tertiary/aromatic N) is 6. The molecule has 138 heavy (non-hydrogen) atoms. The molecule has 4 aromatic heterocycles. The fraction of sp³-hybridized carbons (Fsp3) is 0.389. The molecule has 30 heteroatoms. The highest BCUT2D eigenvalue weighted by molar-refractivity contribution is 6.33. The van der Waals surface area contributed by atoms with Crippen LogP contribution in [0.15, 0.2) is 194 Å². The molecular formula is C108H122Cl5N11O14. The van der Waals surface area contributed by atoms with Gasteiger partial charge in [0.05, 0.1) is 46.2 Å². The third-order valence-electron chi connectivity index (χ3n) is 26.4. The van der Waals surface area contributed by atoms with E-state index in [9.17, 15) is 24.3 Å². The van der Waals surface area contributed by atoms with Crippen LogP contribution in [0.4, 0.5) is 19.2 Å². The normalized spacial score (nSPS) is 18.3. The van der Waals surface area contributed by atoms with Crippen molar-refractivity contribution in [3.8, 4) is 23.0 Å². The number of aliphatic hydroxyl groups excluding tert-OH is 2. The molecule has 0 aliphatic carbocycles. The summed E-state index contributed by atoms with van der Waals surface area (Å²) >= 11 is 31.4. The number of nitrogens with one attached hydrogen (secondary N) is 5. The number of benzene rings is 9. The summed E-state index contributed by atoms with van der Waals surface area (Å²) in [7, 11) is 5.72. The first kappa shape index (κ1) is 99.7. The monoisotopic (exact) mass is 1970 g/mol. The smallest absolute Gasteiger partial charge is 0.410 e. The van der Waals surface area contributed by atoms with E-state index in [1.807, 2.05) is 177 Å². The van der Waals surface area contributed by atoms with Crippen LogP contribution >= 0.6 is 58.0 Å². The maximum Gasteiger partial charge on any atom is 0.410 e. The Bertz CT molecular complexity index is 6350. The van der Waals surface area contributed by atoms with Crippen molar-refractivity contribution in [3.05, 3.63) is 292 Å². The number of methoxy groups -OCH3 is 1. The molecule has 6 aliphatic heterocycles. The van der Waals surface area contributed by atoms with Crippen molar-refractivity contribution in [3.63, 3.8) is 0 Å². The molecule has 7 N–H and O–H groups in total. The number of likely N-dealkylation sites (tertiary alicyclic amines) is 2. The predicted molar refractivity (Wildman–Crippen MR) is 544 cm³/mol. The number of aromatic nitrogens is 4. The van der Waals surface area contributed by atoms with Crippen molar-refractivity contribution in [1.82, 2.24) is 54.7 Å². The second-order valence-corrected chi connectivity index (χ2v) is 39.0. The summed E-state index contributed by atoms with van der Waals surface area (Å²) in [5, 5.41) is 29.5. The predicted octanol–water partition coefficient (Wildman–Crippen LogP) is 22.5. The summed E-state index contributed by atoms with van der Waals surface area (Å²) in [6.07, 6.45) is 6.20. The molecule has 0 radical (unpaired) electrons. The minimum absolute atomic E-state index is 0.000482. The number of piperidine rings is 2. The van der Waals surface area contributed by atoms with Gasteiger partial charge in [0, 0.05) is 154 Å². The van der Waals surface area contributed by atoms with Gasteiger partial charge >= 0.3 is 24.4 Å². The van der Waals surface area contributed by atoms with Crippen molar-refractivity contribution in [2.45, 2.75) is 141 Å². The Morgan fingerprint density at radius 3 is 1.17 bits per heavy atom. The zero-order valence-electron chi connectivity index (χ0n) is 79.2. The van der Waals surface area contributed by atoms with Gasteiger partial charge in [0.25, 0.3) is 0 Å². The largest absolute Gasteiger partial charge is 0.494 e. The Balaban J connectivity index is 0.000000134. The summed E-state index contributed by atoms with van der Waals surface area (Å²) < 4.78 is 45.5. The van der Waals surface area contributed by atoms with E-state index >= 15 is 0 Å². The maximum absolute atomic E-state index is 13.5. The van der Waals surface area contributed by atoms with Gasteiger partial charge in [0.1, 0.15) is 66.5 Å². The minimum Gasteiger partial charge on any atom is -0.494 e. The molecular weight excluding hydrogens is 1850 g/mol. The fourth-order valence-corrected chi connectivity index (χ4v) is 20.7. The number of aliphatic hydroxyl groups is 2. The van der Waals surface area contributed by atoms with E-state index in [4.69, 9.17) is 101 Å². The van der Waals surface area contributed by atoms with E-state index in [0.29, 0.717) is 108 Å². The summed E-state index contributed by atoms with van der Waals surface area (Å²) in [6.45, 7) is 19.7. The SMILES string of the molecule is CC(C)OC(=O)N1CCc2c([nH]c3ccc(Cl)cc23)C1c1ccc(OCC2CCCN(C)C2)cc1.CCOC(=O)N1CCc2c([nH]c3ccc(Cl)cc23)C1c1ccc(OCCCNC(C)C)cc1.CN1CCCC(COc2ccc(C3c4[nH]c5ccc(Cl)cc5c4CCN3C(=O)OCc3ccccc3Cl)cc2)C1.COC(=O)N1CCc2c([nH]c3ccc(Cl)cc23)C1c1ccc(OCC(O)CO)cc1. The van der Waals surface area contributed by atoms with Gasteiger partial charge in [-0.3, -0.25) is 19.6 Å². The number of hydrogen-bond acceptors (Lipinski definition) is 17. The second kappa shape index (κ2) is 46.2. The van der Waals surface area contributed by atoms with Gasteiger partial charge in [0.2, 0.25) is 0 Å². The van der Waals surface area contributed by atoms with Crippen LogP contribution in [0.1, 0.15) is 164 Å². The van der Waals surface area contributed by atoms with E-state index in [1.54, 1.807) is 32.9 Å². The molecule has 0 saturated carbocycles. The summed E-state index contributed by atoms with van der Waals surface area (Å²) in [6, 6.07) is 61.7. The van der Waals surface area contributed by atoms with Crippen molar-refractivity contribution < 1.29 is 67.3 Å². The van der Waals surface area contributed by atoms with Crippen LogP contribution < -0.4 is 24.3 Å². The molecule has 0 bridgehead atoms. The lowest BCUT2D eigenvalue weighted by Crippen LogP contribution is -2.41. The van der Waals surface area contributed by atoms with Crippen LogP contribution in [0.2, 0.25) is 25.1 Å². The number of fused-ring (bicyclic) bond motifs is 12. The first-order valence-corrected chi connectivity index (χ1v) is 49.7. The first-order chi connectivity index (χ1) is 66.8. The van der Waals surface area contributed by atoms with E-state index in [0.717, 1.165) is 169 Å². The van der Waals surface area contributed by atoms with E-state index < -0.39 is 12.2 Å². The third kappa shape index (κ3) is 23.9. The molecule has 728 valence electrons. The number of H-pyrrole nitrogens is 4. The molecule has 0 spiro atoms. The lowest BCUT2D eigenvalue weighted by molar-refractivity contribution is 0.0536. The van der Waals surface area contributed by atoms with Crippen molar-refractivity contribution in [2.75, 3.05) is 120 Å². The zero-order chi connectivity index (χ0) is 96.8. The quantitative estimate of drug-likeness (QED) is 0.0219. The summed E-state index contributed by atoms with van der Waals surface area (Å²) in [5.41, 5.74) is 17.4. The Hall–Kier alpha value is -11.3. The Kier molecular flexibility index (Phi) is 33.4. The number of rotatable bonds is 24. The Morgan fingerprint density at radius 2 is 0.812 bits per heavy atom. The van der Waals surface area contributed by atoms with Crippen LogP contribution in [-0.2, 0) is 51.2 Å². The molecule has 13 aromatic rings. The highest BCUT2D eigenvalue weighted by atomic mass is 35.5. The second-order valence-electron chi connectivity index (χ2n) is 36.9. The lowest BCUT2D eigenvalue weighted by Gasteiger charge is -2.36. The highest BCUT2D eigenvalue weighted by Gasteiger charge is 2.41. The van der Waals surface area contributed by atoms with Crippen molar-refractivity contribution in [1.29, 1.82) is 0 Å². The van der Waals surface area contributed by atoms with Crippen LogP contribution in [0.25, 0.3) is 43.6 Å². The molecule has 9 aromatic carbocycles. The minimum atomic E-state index is -0.932. The summed E-state index contributed by atoms with van der Waals surface area (Å²) in [5.74, 6) is 4.19. The molecule has 2 saturated heterocycles. The van der Waals surface area contributed by atoms with Crippen molar-refractivity contribution >= 4 is 126 Å². The first-order valence-electron chi connectivity index (χ1n) is 47.8. The summed E-state index contributed by atoms with van der Waals surface area (Å²) in [4.78, 5) is 77.9. The van der Waals surface area contributed by atoms with E-state index in [2.05, 4.69) is 87.3 Å². The van der Waals surface area contributed by atoms with Crippen molar-refractivity contribution in [2.24, 2.45) is 11.8 Å². The number of carbonyl (C=O) groups excluding carboxylic acids is 4. The number of amides is 4. The topological polar surface area (TPSA) is 277 Å². The van der Waals surface area contributed by atoms with E-state index in [1.165, 1.54) is 56.0 Å². The van der Waals surface area contributed by atoms with Gasteiger partial charge < -0.3 is 83.2 Å². The fourth-order valence-electron chi connectivity index (χ4n) is 19.8. The molecule has 6 aliphatic rings. The lowest BCUT2D eigenvalue weighted by atomic mass is 9.92. The zero-order valence-corrected chi connectivity index (χ0v) is 83.0. The van der Waals surface area contributed by atoms with Gasteiger partial charge in [-0.25, -0.2) is 19.2 Å². The van der Waals surface area contributed by atoms with Gasteiger partial charge in [0.15, 0.2) is 0 Å². The van der Waals surface area contributed by atoms with Crippen LogP contribution in [0.3, 0.4) is 0 Å². The average molecular weight is 1980 g/mol. The van der Waals surface area contributed by atoms with Gasteiger partial charge in [-0.05, 0) is 284 Å². The number of halogens is 5. The highest BCUT2D eigenvalue weighted by Crippen LogP contribution is 2.46. The maximum atomic E-state index is 13.5. The van der Waals surface area contributed by atoms with Crippen LogP contribution in [-0.4, -0.2) is 222 Å². The molecule has 2 fully saturated rings. The van der Waals surface area contributed by atoms with Gasteiger partial charge in [-0.2, -0.15) is 0 Å².